The fraction of sp³-hybridized carbons (Fsp3) is 0.240. The van der Waals surface area contributed by atoms with Crippen molar-refractivity contribution in [3.05, 3.63) is 66.7 Å². The summed E-state index contributed by atoms with van der Waals surface area (Å²) in [5.41, 5.74) is 6.21. The van der Waals surface area contributed by atoms with Crippen LogP contribution in [0.1, 0.15) is 27.7 Å². The number of rotatable bonds is 2. The van der Waals surface area contributed by atoms with Crippen LogP contribution in [0, 0.1) is 0 Å². The molecule has 5 nitrogen and oxygen atoms in total. The number of imidazole rings is 1. The van der Waals surface area contributed by atoms with Crippen molar-refractivity contribution in [2.45, 2.75) is 38.9 Å². The minimum Gasteiger partial charge on any atom is -0.423 e. The van der Waals surface area contributed by atoms with Crippen molar-refractivity contribution < 1.29 is 13.7 Å². The van der Waals surface area contributed by atoms with Gasteiger partial charge in [0.25, 0.3) is 0 Å². The van der Waals surface area contributed by atoms with Gasteiger partial charge < -0.3 is 13.7 Å². The molecule has 6 rings (SSSR count). The van der Waals surface area contributed by atoms with Crippen molar-refractivity contribution in [1.29, 1.82) is 0 Å². The molecule has 1 fully saturated rings. The molecule has 0 aliphatic carbocycles. The molecule has 0 spiro atoms. The van der Waals surface area contributed by atoms with Crippen LogP contribution in [0.5, 0.6) is 0 Å². The molecular formula is C25H23BN2O3. The fourth-order valence-corrected chi connectivity index (χ4v) is 4.29. The van der Waals surface area contributed by atoms with Gasteiger partial charge >= 0.3 is 13.0 Å². The van der Waals surface area contributed by atoms with Crippen molar-refractivity contribution in [2.75, 3.05) is 0 Å². The Morgan fingerprint density at radius 1 is 0.839 bits per heavy atom. The zero-order valence-corrected chi connectivity index (χ0v) is 18.0. The van der Waals surface area contributed by atoms with E-state index in [1.54, 1.807) is 0 Å². The van der Waals surface area contributed by atoms with E-state index in [1.807, 2.05) is 30.3 Å². The molecule has 2 aromatic heterocycles. The Labute approximate surface area is 180 Å². The van der Waals surface area contributed by atoms with Crippen LogP contribution < -0.4 is 5.46 Å². The van der Waals surface area contributed by atoms with E-state index in [0.717, 1.165) is 38.7 Å². The van der Waals surface area contributed by atoms with Crippen LogP contribution >= 0.6 is 0 Å². The standard InChI is InChI=1S/C25H23BN2O3/c1-24(2)25(3,4)31-26(30-24)17-10-7-9-16(15-17)18-11-8-12-19-22(18)28-20-13-5-6-14-21(20)29-23(28)27-19/h5-15H,1-4H3. The Bertz CT molecular complexity index is 1450. The highest BCUT2D eigenvalue weighted by atomic mass is 16.7. The van der Waals surface area contributed by atoms with E-state index < -0.39 is 7.12 Å². The van der Waals surface area contributed by atoms with Gasteiger partial charge in [0.1, 0.15) is 0 Å². The van der Waals surface area contributed by atoms with Crippen molar-refractivity contribution in [1.82, 2.24) is 9.38 Å². The summed E-state index contributed by atoms with van der Waals surface area (Å²) in [5, 5.41) is 0. The van der Waals surface area contributed by atoms with Gasteiger partial charge in [-0.15, -0.1) is 0 Å². The molecule has 0 N–H and O–H groups in total. The average molecular weight is 410 g/mol. The number of hydrogen-bond donors (Lipinski definition) is 0. The summed E-state index contributed by atoms with van der Waals surface area (Å²) in [4.78, 5) is 4.72. The molecule has 3 aromatic carbocycles. The summed E-state index contributed by atoms with van der Waals surface area (Å²) < 4.78 is 20.6. The van der Waals surface area contributed by atoms with Crippen LogP contribution in [0.25, 0.3) is 39.1 Å². The lowest BCUT2D eigenvalue weighted by molar-refractivity contribution is 0.00578. The maximum Gasteiger partial charge on any atom is 0.494 e. The highest BCUT2D eigenvalue weighted by molar-refractivity contribution is 6.62. The quantitative estimate of drug-likeness (QED) is 0.376. The highest BCUT2D eigenvalue weighted by Gasteiger charge is 2.51. The normalized spacial score (nSPS) is 17.9. The molecule has 3 heterocycles. The first kappa shape index (κ1) is 18.7. The Morgan fingerprint density at radius 3 is 2.39 bits per heavy atom. The summed E-state index contributed by atoms with van der Waals surface area (Å²) in [7, 11) is -0.399. The van der Waals surface area contributed by atoms with Gasteiger partial charge in [-0.25, -0.2) is 0 Å². The summed E-state index contributed by atoms with van der Waals surface area (Å²) in [6.07, 6.45) is 0. The van der Waals surface area contributed by atoms with E-state index in [9.17, 15) is 0 Å². The first-order valence-corrected chi connectivity index (χ1v) is 10.6. The highest BCUT2D eigenvalue weighted by Crippen LogP contribution is 2.37. The minimum atomic E-state index is -0.399. The number of nitrogens with zero attached hydrogens (tertiary/aromatic N) is 2. The topological polar surface area (TPSA) is 48.9 Å². The molecule has 1 aliphatic heterocycles. The van der Waals surface area contributed by atoms with Gasteiger partial charge in [0, 0.05) is 5.56 Å². The van der Waals surface area contributed by atoms with Gasteiger partial charge in [-0.3, -0.25) is 4.40 Å². The van der Waals surface area contributed by atoms with E-state index in [2.05, 4.69) is 68.5 Å². The minimum absolute atomic E-state index is 0.374. The lowest BCUT2D eigenvalue weighted by Gasteiger charge is -2.32. The first-order chi connectivity index (χ1) is 14.8. The predicted octanol–water partition coefficient (Wildman–Crippen LogP) is 5.20. The van der Waals surface area contributed by atoms with Gasteiger partial charge in [-0.2, -0.15) is 4.98 Å². The number of oxazole rings is 1. The monoisotopic (exact) mass is 410 g/mol. The summed E-state index contributed by atoms with van der Waals surface area (Å²) in [6.45, 7) is 8.30. The third-order valence-electron chi connectivity index (χ3n) is 6.68. The maximum atomic E-state index is 6.27. The Morgan fingerprint density at radius 2 is 1.58 bits per heavy atom. The smallest absolute Gasteiger partial charge is 0.423 e. The van der Waals surface area contributed by atoms with Crippen LogP contribution in [0.3, 0.4) is 0 Å². The second-order valence-electron chi connectivity index (χ2n) is 9.19. The Kier molecular flexibility index (Phi) is 3.74. The maximum absolute atomic E-state index is 6.27. The van der Waals surface area contributed by atoms with Gasteiger partial charge in [-0.1, -0.05) is 48.5 Å². The summed E-state index contributed by atoms with van der Waals surface area (Å²) in [5.74, 6) is 0.603. The Balaban J connectivity index is 1.53. The molecule has 5 aromatic rings. The number of benzene rings is 3. The molecule has 1 saturated heterocycles. The van der Waals surface area contributed by atoms with Crippen LogP contribution in [0.2, 0.25) is 0 Å². The molecule has 6 heteroatoms. The van der Waals surface area contributed by atoms with Crippen molar-refractivity contribution in [3.63, 3.8) is 0 Å². The predicted molar refractivity (Wildman–Crippen MR) is 124 cm³/mol. The molecule has 1 aliphatic rings. The SMILES string of the molecule is CC1(C)OB(c2cccc(-c3cccc4nc5oc6ccccc6n5c34)c2)OC1(C)C. The van der Waals surface area contributed by atoms with E-state index in [-0.39, 0.29) is 11.2 Å². The second-order valence-corrected chi connectivity index (χ2v) is 9.19. The number of para-hydroxylation sites is 3. The number of fused-ring (bicyclic) bond motifs is 5. The lowest BCUT2D eigenvalue weighted by Crippen LogP contribution is -2.41. The molecular weight excluding hydrogens is 387 g/mol. The van der Waals surface area contributed by atoms with Crippen LogP contribution in [-0.4, -0.2) is 27.7 Å². The third-order valence-corrected chi connectivity index (χ3v) is 6.68. The van der Waals surface area contributed by atoms with Gasteiger partial charge in [0.2, 0.25) is 0 Å². The zero-order chi connectivity index (χ0) is 21.4. The van der Waals surface area contributed by atoms with Gasteiger partial charge in [0.15, 0.2) is 5.58 Å². The Hall–Kier alpha value is -3.09. The van der Waals surface area contributed by atoms with E-state index in [1.165, 1.54) is 0 Å². The molecule has 0 saturated carbocycles. The van der Waals surface area contributed by atoms with Crippen molar-refractivity contribution in [3.8, 4) is 11.1 Å². The van der Waals surface area contributed by atoms with Crippen molar-refractivity contribution in [2.24, 2.45) is 0 Å². The molecule has 0 amide bonds. The fourth-order valence-electron chi connectivity index (χ4n) is 4.29. The van der Waals surface area contributed by atoms with E-state index >= 15 is 0 Å². The van der Waals surface area contributed by atoms with Gasteiger partial charge in [-0.05, 0) is 56.9 Å². The number of hydrogen-bond acceptors (Lipinski definition) is 4. The summed E-state index contributed by atoms with van der Waals surface area (Å²) in [6, 6.07) is 22.6. The van der Waals surface area contributed by atoms with Crippen LogP contribution in [0.15, 0.2) is 71.1 Å². The average Bonchev–Trinajstić information content (AvgIpc) is 3.35. The van der Waals surface area contributed by atoms with Gasteiger partial charge in [0.05, 0.1) is 27.8 Å². The van der Waals surface area contributed by atoms with E-state index in [4.69, 9.17) is 18.7 Å². The molecule has 0 radical (unpaired) electrons. The third kappa shape index (κ3) is 2.68. The lowest BCUT2D eigenvalue weighted by atomic mass is 9.78. The molecule has 0 unspecified atom stereocenters. The molecule has 31 heavy (non-hydrogen) atoms. The van der Waals surface area contributed by atoms with Crippen molar-refractivity contribution >= 4 is 40.6 Å². The zero-order valence-electron chi connectivity index (χ0n) is 18.0. The second kappa shape index (κ2) is 6.22. The molecule has 0 atom stereocenters. The molecule has 0 bridgehead atoms. The largest absolute Gasteiger partial charge is 0.494 e. The summed E-state index contributed by atoms with van der Waals surface area (Å²) >= 11 is 0. The number of aromatic nitrogens is 2. The van der Waals surface area contributed by atoms with Crippen LogP contribution in [-0.2, 0) is 9.31 Å². The molecule has 154 valence electrons. The first-order valence-electron chi connectivity index (χ1n) is 10.6. The van der Waals surface area contributed by atoms with E-state index in [0.29, 0.717) is 5.84 Å². The van der Waals surface area contributed by atoms with Crippen LogP contribution in [0.4, 0.5) is 0 Å².